The van der Waals surface area contributed by atoms with Gasteiger partial charge in [-0.05, 0) is 87.4 Å². The molecule has 0 saturated carbocycles. The molecule has 0 radical (unpaired) electrons. The van der Waals surface area contributed by atoms with E-state index >= 15 is 0 Å². The second-order valence-corrected chi connectivity index (χ2v) is 18.2. The molecule has 2 aliphatic rings. The Labute approximate surface area is 368 Å². The third-order valence-electron chi connectivity index (χ3n) is 12.0. The molecule has 4 N–H and O–H groups in total. The van der Waals surface area contributed by atoms with Crippen molar-refractivity contribution in [3.05, 3.63) is 29.8 Å². The lowest BCUT2D eigenvalue weighted by molar-refractivity contribution is -0.162. The molecule has 9 atom stereocenters. The number of amides is 5. The Morgan fingerprint density at radius 2 is 1.56 bits per heavy atom. The first-order valence-corrected chi connectivity index (χ1v) is 22.4. The number of cyclic esters (lactones) is 2. The summed E-state index contributed by atoms with van der Waals surface area (Å²) in [5.41, 5.74) is 0.686. The first kappa shape index (κ1) is 51.6. The van der Waals surface area contributed by atoms with Crippen molar-refractivity contribution in [3.63, 3.8) is 0 Å². The summed E-state index contributed by atoms with van der Waals surface area (Å²) in [6.07, 6.45) is -0.237. The number of hydrogen-bond donors (Lipinski definition) is 4. The van der Waals surface area contributed by atoms with E-state index in [0.29, 0.717) is 37.0 Å². The molecule has 0 aliphatic carbocycles. The Kier molecular flexibility index (Phi) is 20.2. The van der Waals surface area contributed by atoms with Crippen molar-refractivity contribution in [1.29, 1.82) is 0 Å². The van der Waals surface area contributed by atoms with E-state index in [1.807, 2.05) is 41.5 Å². The van der Waals surface area contributed by atoms with Gasteiger partial charge in [-0.25, -0.2) is 4.79 Å². The molecule has 0 spiro atoms. The number of ether oxygens (including phenoxy) is 3. The summed E-state index contributed by atoms with van der Waals surface area (Å²) in [7, 11) is 4.67. The van der Waals surface area contributed by atoms with Crippen LogP contribution in [0.3, 0.4) is 0 Å². The predicted octanol–water partition coefficient (Wildman–Crippen LogP) is 3.53. The van der Waals surface area contributed by atoms with Crippen molar-refractivity contribution in [2.24, 2.45) is 23.7 Å². The van der Waals surface area contributed by atoms with E-state index in [-0.39, 0.29) is 50.0 Å². The smallest absolute Gasteiger partial charge is 0.329 e. The first-order valence-electron chi connectivity index (χ1n) is 22.4. The summed E-state index contributed by atoms with van der Waals surface area (Å²) < 4.78 is 17.2. The van der Waals surface area contributed by atoms with Gasteiger partial charge in [0.05, 0.1) is 13.2 Å². The minimum absolute atomic E-state index is 0.0185. The summed E-state index contributed by atoms with van der Waals surface area (Å²) in [6, 6.07) is 1.22. The second-order valence-electron chi connectivity index (χ2n) is 18.2. The Morgan fingerprint density at radius 1 is 0.903 bits per heavy atom. The van der Waals surface area contributed by atoms with Crippen LogP contribution in [0.1, 0.15) is 113 Å². The van der Waals surface area contributed by atoms with Gasteiger partial charge in [0, 0.05) is 32.5 Å². The third kappa shape index (κ3) is 14.4. The Balaban J connectivity index is 2.18. The molecule has 3 rings (SSSR count). The molecule has 62 heavy (non-hydrogen) atoms. The minimum Gasteiger partial charge on any atom is -0.497 e. The fourth-order valence-electron chi connectivity index (χ4n) is 8.02. The molecule has 1 aromatic rings. The van der Waals surface area contributed by atoms with Gasteiger partial charge in [0.2, 0.25) is 23.6 Å². The SMILES string of the molecule is CC[C@H](C)[C@@H]1CCC(=O)O[C@@H](C(C)C)C(=O)N[C@@H](CC(C)C)C(=O)N2CCC[C@H]2C(=O)N(C)[C@@H](Cc2ccc(OC)cc2)C(=O)O[C@H](C)[C@H](NC(=O)[C@@H](CC(C)C)NC)C(=O)N1. The van der Waals surface area contributed by atoms with Crippen LogP contribution in [0.4, 0.5) is 0 Å². The number of nitrogens with one attached hydrogen (secondary N) is 4. The molecule has 16 nitrogen and oxygen atoms in total. The molecule has 2 saturated heterocycles. The van der Waals surface area contributed by atoms with Crippen LogP contribution < -0.4 is 26.0 Å². The van der Waals surface area contributed by atoms with Crippen molar-refractivity contribution in [2.75, 3.05) is 27.7 Å². The number of carbonyl (C=O) groups is 7. The van der Waals surface area contributed by atoms with Gasteiger partial charge in [-0.2, -0.15) is 0 Å². The number of fused-ring (bicyclic) bond motifs is 1. The van der Waals surface area contributed by atoms with E-state index < -0.39 is 95.9 Å². The number of nitrogens with zero attached hydrogens (tertiary/aromatic N) is 2. The maximum atomic E-state index is 14.6. The average Bonchev–Trinajstić information content (AvgIpc) is 3.72. The first-order chi connectivity index (χ1) is 29.2. The van der Waals surface area contributed by atoms with Crippen molar-refractivity contribution in [3.8, 4) is 5.75 Å². The summed E-state index contributed by atoms with van der Waals surface area (Å²) >= 11 is 0. The topological polar surface area (TPSA) is 202 Å². The van der Waals surface area contributed by atoms with Crippen LogP contribution in [0.15, 0.2) is 24.3 Å². The highest BCUT2D eigenvalue weighted by atomic mass is 16.6. The minimum atomic E-state index is -1.38. The number of esters is 2. The molecule has 2 aliphatic heterocycles. The highest BCUT2D eigenvalue weighted by Gasteiger charge is 2.43. The van der Waals surface area contributed by atoms with Crippen molar-refractivity contribution in [1.82, 2.24) is 31.1 Å². The van der Waals surface area contributed by atoms with Gasteiger partial charge in [0.15, 0.2) is 6.10 Å². The largest absolute Gasteiger partial charge is 0.497 e. The van der Waals surface area contributed by atoms with Gasteiger partial charge in [-0.3, -0.25) is 28.8 Å². The Bertz CT molecular complexity index is 1690. The molecule has 5 amide bonds. The summed E-state index contributed by atoms with van der Waals surface area (Å²) in [5, 5.41) is 11.7. The molecule has 2 heterocycles. The van der Waals surface area contributed by atoms with E-state index in [1.54, 1.807) is 45.2 Å². The fraction of sp³-hybridized carbons (Fsp3) is 0.717. The summed E-state index contributed by atoms with van der Waals surface area (Å²) in [4.78, 5) is 102. The molecule has 1 aromatic carbocycles. The van der Waals surface area contributed by atoms with E-state index in [4.69, 9.17) is 14.2 Å². The standard InChI is InChI=1S/C46H74N6O10/c1-13-29(8)33-20-21-38(53)62-40(28(6)7)43(56)49-35(24-27(4)5)44(57)52-22-14-15-36(52)45(58)51(11)37(25-31-16-18-32(60-12)19-17-31)46(59)61-30(9)39(42(55)48-33)50-41(54)34(47-10)23-26(2)3/h16-19,26-30,33-37,39-40,47H,13-15,20-25H2,1-12H3,(H,48,55)(H,49,56)(H,50,54)/t29-,30+,33-,34+,35-,36-,37-,39-,40-/m0/s1. The molecule has 16 heteroatoms. The van der Waals surface area contributed by atoms with E-state index in [2.05, 4.69) is 21.3 Å². The zero-order valence-corrected chi connectivity index (χ0v) is 39.1. The van der Waals surface area contributed by atoms with Crippen molar-refractivity contribution < 1.29 is 47.8 Å². The molecule has 348 valence electrons. The highest BCUT2D eigenvalue weighted by molar-refractivity contribution is 5.95. The molecule has 0 bridgehead atoms. The van der Waals surface area contributed by atoms with Crippen molar-refractivity contribution in [2.45, 2.75) is 162 Å². The van der Waals surface area contributed by atoms with Crippen LogP contribution in [0.2, 0.25) is 0 Å². The van der Waals surface area contributed by atoms with Crippen LogP contribution in [-0.2, 0) is 49.5 Å². The number of carbonyl (C=O) groups excluding carboxylic acids is 7. The number of benzene rings is 1. The van der Waals surface area contributed by atoms with Gasteiger partial charge >= 0.3 is 11.9 Å². The number of hydrogen-bond acceptors (Lipinski definition) is 11. The number of likely N-dealkylation sites (N-methyl/N-ethyl adjacent to an activating group) is 2. The maximum Gasteiger partial charge on any atom is 0.329 e. The van der Waals surface area contributed by atoms with Gasteiger partial charge in [-0.15, -0.1) is 0 Å². The number of methoxy groups -OCH3 is 1. The molecular formula is C46H74N6O10. The van der Waals surface area contributed by atoms with Gasteiger partial charge in [0.1, 0.15) is 36.0 Å². The molecule has 0 unspecified atom stereocenters. The average molecular weight is 871 g/mol. The number of rotatable bonds is 13. The third-order valence-corrected chi connectivity index (χ3v) is 12.0. The lowest BCUT2D eigenvalue weighted by Gasteiger charge is -2.35. The Morgan fingerprint density at radius 3 is 2.13 bits per heavy atom. The van der Waals surface area contributed by atoms with Gasteiger partial charge in [-0.1, -0.05) is 73.9 Å². The normalized spacial score (nSPS) is 26.3. The zero-order valence-electron chi connectivity index (χ0n) is 39.1. The lowest BCUT2D eigenvalue weighted by atomic mass is 9.94. The highest BCUT2D eigenvalue weighted by Crippen LogP contribution is 2.25. The van der Waals surface area contributed by atoms with Crippen molar-refractivity contribution >= 4 is 41.5 Å². The zero-order chi connectivity index (χ0) is 46.4. The van der Waals surface area contributed by atoms with Crippen LogP contribution >= 0.6 is 0 Å². The van der Waals surface area contributed by atoms with Gasteiger partial charge < -0.3 is 45.3 Å². The summed E-state index contributed by atoms with van der Waals surface area (Å²) in [6.45, 7) is 16.9. The quantitative estimate of drug-likeness (QED) is 0.212. The van der Waals surface area contributed by atoms with E-state index in [9.17, 15) is 33.6 Å². The molecule has 2 fully saturated rings. The van der Waals surface area contributed by atoms with Crippen LogP contribution in [-0.4, -0.2) is 127 Å². The van der Waals surface area contributed by atoms with E-state index in [0.717, 1.165) is 0 Å². The van der Waals surface area contributed by atoms with Crippen LogP contribution in [0.25, 0.3) is 0 Å². The van der Waals surface area contributed by atoms with Crippen LogP contribution in [0, 0.1) is 23.7 Å². The summed E-state index contributed by atoms with van der Waals surface area (Å²) in [5.74, 6) is -4.03. The monoisotopic (exact) mass is 871 g/mol. The fourth-order valence-corrected chi connectivity index (χ4v) is 8.02. The van der Waals surface area contributed by atoms with Gasteiger partial charge in [0.25, 0.3) is 5.91 Å². The second kappa shape index (κ2) is 24.2. The lowest BCUT2D eigenvalue weighted by Crippen LogP contribution is -2.60. The molecular weight excluding hydrogens is 797 g/mol. The van der Waals surface area contributed by atoms with Crippen LogP contribution in [0.5, 0.6) is 5.75 Å². The molecule has 0 aromatic heterocycles. The Hall–Kier alpha value is -4.73. The van der Waals surface area contributed by atoms with E-state index in [1.165, 1.54) is 30.9 Å². The predicted molar refractivity (Wildman–Crippen MR) is 235 cm³/mol. The maximum absolute atomic E-state index is 14.6.